The van der Waals surface area contributed by atoms with E-state index < -0.39 is 36.4 Å². The molecule has 0 amide bonds. The van der Waals surface area contributed by atoms with Gasteiger partial charge in [-0.15, -0.1) is 0 Å². The molecule has 1 fully saturated rings. The van der Waals surface area contributed by atoms with Crippen molar-refractivity contribution in [3.8, 4) is 0 Å². The molecule has 0 aromatic rings. The van der Waals surface area contributed by atoms with Crippen molar-refractivity contribution in [1.82, 2.24) is 0 Å². The van der Waals surface area contributed by atoms with E-state index in [2.05, 4.69) is 0 Å². The van der Waals surface area contributed by atoms with E-state index in [-0.39, 0.29) is 26.1 Å². The van der Waals surface area contributed by atoms with E-state index in [0.717, 1.165) is 0 Å². The molecule has 0 saturated carbocycles. The number of hydrogen-bond acceptors (Lipinski definition) is 7. The predicted molar refractivity (Wildman–Crippen MR) is 68.9 cm³/mol. The van der Waals surface area contributed by atoms with Gasteiger partial charge in [-0.05, 0) is 19.3 Å². The average Bonchev–Trinajstić information content (AvgIpc) is 2.43. The van der Waals surface area contributed by atoms with Crippen molar-refractivity contribution >= 4 is 6.29 Å². The smallest absolute Gasteiger partial charge is 0.125 e. The minimum Gasteiger partial charge on any atom is -0.396 e. The second-order valence-corrected chi connectivity index (χ2v) is 5.29. The van der Waals surface area contributed by atoms with E-state index in [1.165, 1.54) is 0 Å². The van der Waals surface area contributed by atoms with Gasteiger partial charge in [-0.3, -0.25) is 0 Å². The molecule has 0 aromatic heterocycles. The SMILES string of the molecule is O=CC(C[C@H]1CC(O)CC(CO)O1)C(O)C(O)CCO. The first kappa shape index (κ1) is 17.5. The van der Waals surface area contributed by atoms with Crippen LogP contribution in [0.3, 0.4) is 0 Å². The number of carbonyl (C=O) groups is 1. The lowest BCUT2D eigenvalue weighted by atomic mass is 9.88. The summed E-state index contributed by atoms with van der Waals surface area (Å²) in [4.78, 5) is 11.1. The highest BCUT2D eigenvalue weighted by atomic mass is 16.5. The molecular formula is C13H24O7. The van der Waals surface area contributed by atoms with E-state index >= 15 is 0 Å². The maximum atomic E-state index is 11.1. The van der Waals surface area contributed by atoms with Crippen molar-refractivity contribution in [2.24, 2.45) is 5.92 Å². The van der Waals surface area contributed by atoms with Gasteiger partial charge in [-0.25, -0.2) is 0 Å². The number of aliphatic hydroxyl groups is 5. The highest BCUT2D eigenvalue weighted by Gasteiger charge is 2.33. The van der Waals surface area contributed by atoms with Crippen LogP contribution >= 0.6 is 0 Å². The number of ether oxygens (including phenoxy) is 1. The van der Waals surface area contributed by atoms with Crippen LogP contribution in [0, 0.1) is 5.92 Å². The monoisotopic (exact) mass is 292 g/mol. The van der Waals surface area contributed by atoms with Crippen molar-refractivity contribution < 1.29 is 35.1 Å². The van der Waals surface area contributed by atoms with Gasteiger partial charge in [0.05, 0.1) is 37.1 Å². The summed E-state index contributed by atoms with van der Waals surface area (Å²) < 4.78 is 5.52. The highest BCUT2D eigenvalue weighted by molar-refractivity contribution is 5.54. The lowest BCUT2D eigenvalue weighted by Crippen LogP contribution is -2.42. The molecule has 6 atom stereocenters. The van der Waals surface area contributed by atoms with Crippen molar-refractivity contribution in [2.75, 3.05) is 13.2 Å². The number of carbonyl (C=O) groups excluding carboxylic acids is 1. The van der Waals surface area contributed by atoms with Gasteiger partial charge < -0.3 is 35.1 Å². The van der Waals surface area contributed by atoms with Crippen LogP contribution in [0.15, 0.2) is 0 Å². The lowest BCUT2D eigenvalue weighted by Gasteiger charge is -2.34. The van der Waals surface area contributed by atoms with Gasteiger partial charge in [0, 0.05) is 18.9 Å². The predicted octanol–water partition coefficient (Wildman–Crippen LogP) is -1.80. The molecule has 1 aliphatic heterocycles. The first-order chi connectivity index (χ1) is 9.51. The van der Waals surface area contributed by atoms with Crippen LogP contribution in [-0.2, 0) is 9.53 Å². The van der Waals surface area contributed by atoms with Crippen LogP contribution in [0.1, 0.15) is 25.7 Å². The fourth-order valence-electron chi connectivity index (χ4n) is 2.52. The lowest BCUT2D eigenvalue weighted by molar-refractivity contribution is -0.136. The molecule has 0 aromatic carbocycles. The zero-order valence-corrected chi connectivity index (χ0v) is 11.3. The van der Waals surface area contributed by atoms with Crippen LogP contribution in [0.5, 0.6) is 0 Å². The zero-order chi connectivity index (χ0) is 15.1. The Kier molecular flexibility index (Phi) is 7.57. The summed E-state index contributed by atoms with van der Waals surface area (Å²) >= 11 is 0. The van der Waals surface area contributed by atoms with Crippen molar-refractivity contribution in [2.45, 2.75) is 56.2 Å². The first-order valence-corrected chi connectivity index (χ1v) is 6.88. The fourth-order valence-corrected chi connectivity index (χ4v) is 2.52. The van der Waals surface area contributed by atoms with Gasteiger partial charge in [0.1, 0.15) is 6.29 Å². The normalized spacial score (nSPS) is 31.6. The summed E-state index contributed by atoms with van der Waals surface area (Å²) in [7, 11) is 0. The molecule has 7 nitrogen and oxygen atoms in total. The van der Waals surface area contributed by atoms with Gasteiger partial charge in [0.2, 0.25) is 0 Å². The molecule has 118 valence electrons. The molecule has 0 aliphatic carbocycles. The third-order valence-electron chi connectivity index (χ3n) is 3.63. The maximum Gasteiger partial charge on any atom is 0.125 e. The summed E-state index contributed by atoms with van der Waals surface area (Å²) in [6.07, 6.45) is -2.66. The number of aldehydes is 1. The molecule has 1 aliphatic rings. The van der Waals surface area contributed by atoms with E-state index in [0.29, 0.717) is 19.1 Å². The van der Waals surface area contributed by atoms with E-state index in [1.807, 2.05) is 0 Å². The molecular weight excluding hydrogens is 268 g/mol. The molecule has 1 saturated heterocycles. The number of hydrogen-bond donors (Lipinski definition) is 5. The van der Waals surface area contributed by atoms with Gasteiger partial charge in [0.25, 0.3) is 0 Å². The van der Waals surface area contributed by atoms with Crippen LogP contribution in [-0.4, -0.2) is 75.6 Å². The summed E-state index contributed by atoms with van der Waals surface area (Å²) in [5, 5.41) is 46.9. The first-order valence-electron chi connectivity index (χ1n) is 6.88. The van der Waals surface area contributed by atoms with Crippen LogP contribution in [0.2, 0.25) is 0 Å². The second kappa shape index (κ2) is 8.66. The Hall–Kier alpha value is -0.570. The quantitative estimate of drug-likeness (QED) is 0.334. The van der Waals surface area contributed by atoms with Crippen molar-refractivity contribution in [1.29, 1.82) is 0 Å². The van der Waals surface area contributed by atoms with E-state index in [9.17, 15) is 20.1 Å². The topological polar surface area (TPSA) is 127 Å². The van der Waals surface area contributed by atoms with Gasteiger partial charge >= 0.3 is 0 Å². The third kappa shape index (κ3) is 5.08. The molecule has 0 spiro atoms. The molecule has 5 N–H and O–H groups in total. The van der Waals surface area contributed by atoms with Crippen LogP contribution in [0.25, 0.3) is 0 Å². The summed E-state index contributed by atoms with van der Waals surface area (Å²) in [6, 6.07) is 0. The Morgan fingerprint density at radius 3 is 2.40 bits per heavy atom. The summed E-state index contributed by atoms with van der Waals surface area (Å²) in [6.45, 7) is -0.496. The average molecular weight is 292 g/mol. The third-order valence-corrected chi connectivity index (χ3v) is 3.63. The molecule has 20 heavy (non-hydrogen) atoms. The zero-order valence-electron chi connectivity index (χ0n) is 11.3. The Balaban J connectivity index is 2.56. The van der Waals surface area contributed by atoms with Crippen LogP contribution < -0.4 is 0 Å². The van der Waals surface area contributed by atoms with Gasteiger partial charge in [0.15, 0.2) is 0 Å². The van der Waals surface area contributed by atoms with Crippen LogP contribution in [0.4, 0.5) is 0 Å². The standard InChI is InChI=1S/C13H24O7/c14-2-1-12(18)13(19)8(6-15)3-10-4-9(17)5-11(7-16)20-10/h6,8-14,16-19H,1-5,7H2/t8?,9?,10-,11?,12?,13?/m0/s1. The Morgan fingerprint density at radius 2 is 1.85 bits per heavy atom. The minimum absolute atomic E-state index is 0.0150. The Labute approximate surface area is 117 Å². The van der Waals surface area contributed by atoms with Crippen molar-refractivity contribution in [3.05, 3.63) is 0 Å². The molecule has 1 rings (SSSR count). The maximum absolute atomic E-state index is 11.1. The van der Waals surface area contributed by atoms with E-state index in [4.69, 9.17) is 14.9 Å². The molecule has 0 radical (unpaired) electrons. The minimum atomic E-state index is -1.28. The Bertz CT molecular complexity index is 286. The second-order valence-electron chi connectivity index (χ2n) is 5.29. The largest absolute Gasteiger partial charge is 0.396 e. The summed E-state index contributed by atoms with van der Waals surface area (Å²) in [5.74, 6) is -0.841. The highest BCUT2D eigenvalue weighted by Crippen LogP contribution is 2.26. The fraction of sp³-hybridized carbons (Fsp3) is 0.923. The molecule has 0 bridgehead atoms. The van der Waals surface area contributed by atoms with Gasteiger partial charge in [-0.1, -0.05) is 0 Å². The van der Waals surface area contributed by atoms with E-state index in [1.54, 1.807) is 0 Å². The molecule has 1 heterocycles. The number of aliphatic hydroxyl groups excluding tert-OH is 5. The van der Waals surface area contributed by atoms with Gasteiger partial charge in [-0.2, -0.15) is 0 Å². The Morgan fingerprint density at radius 1 is 1.20 bits per heavy atom. The number of rotatable bonds is 8. The van der Waals surface area contributed by atoms with Crippen molar-refractivity contribution in [3.63, 3.8) is 0 Å². The summed E-state index contributed by atoms with van der Waals surface area (Å²) in [5.41, 5.74) is 0. The molecule has 5 unspecified atom stereocenters. The molecule has 7 heteroatoms.